The Kier molecular flexibility index (Phi) is 4.84. The van der Waals surface area contributed by atoms with Crippen molar-refractivity contribution in [3.05, 3.63) is 22.8 Å². The fourth-order valence-corrected chi connectivity index (χ4v) is 2.95. The first kappa shape index (κ1) is 13.6. The first-order valence-electron chi connectivity index (χ1n) is 6.78. The molecule has 0 saturated carbocycles. The third-order valence-corrected chi connectivity index (χ3v) is 3.96. The fourth-order valence-electron chi connectivity index (χ4n) is 2.65. The molecule has 100 valence electrons. The van der Waals surface area contributed by atoms with Crippen molar-refractivity contribution in [3.8, 4) is 0 Å². The summed E-state index contributed by atoms with van der Waals surface area (Å²) in [6.45, 7) is 3.24. The molecule has 0 bridgehead atoms. The Balaban J connectivity index is 2.27. The number of aliphatic hydroxyl groups excluding tert-OH is 1. The normalized spacial score (nSPS) is 20.8. The van der Waals surface area contributed by atoms with Crippen molar-refractivity contribution in [3.63, 3.8) is 0 Å². The van der Waals surface area contributed by atoms with Gasteiger partial charge >= 0.3 is 0 Å². The van der Waals surface area contributed by atoms with E-state index in [2.05, 4.69) is 16.8 Å². The van der Waals surface area contributed by atoms with Crippen LogP contribution in [0.1, 0.15) is 44.6 Å². The van der Waals surface area contributed by atoms with E-state index in [0.29, 0.717) is 11.1 Å². The van der Waals surface area contributed by atoms with Gasteiger partial charge in [0.25, 0.3) is 0 Å². The smallest absolute Gasteiger partial charge is 0.147 e. The number of pyridine rings is 1. The minimum absolute atomic E-state index is 0.00972. The van der Waals surface area contributed by atoms with Crippen LogP contribution >= 0.6 is 11.6 Å². The minimum atomic E-state index is -0.00972. The van der Waals surface area contributed by atoms with Gasteiger partial charge in [0.1, 0.15) is 5.82 Å². The molecule has 3 nitrogen and oxygen atoms in total. The molecule has 1 saturated heterocycles. The number of halogens is 1. The predicted octanol–water partition coefficient (Wildman–Crippen LogP) is 3.39. The van der Waals surface area contributed by atoms with Gasteiger partial charge in [0.15, 0.2) is 0 Å². The second-order valence-corrected chi connectivity index (χ2v) is 5.32. The van der Waals surface area contributed by atoms with Crippen molar-refractivity contribution in [2.24, 2.45) is 0 Å². The number of nitrogens with zero attached hydrogens (tertiary/aromatic N) is 2. The lowest BCUT2D eigenvalue weighted by atomic mass is 10.1. The monoisotopic (exact) mass is 268 g/mol. The molecule has 1 atom stereocenters. The van der Waals surface area contributed by atoms with Crippen LogP contribution < -0.4 is 4.90 Å². The van der Waals surface area contributed by atoms with Crippen LogP contribution in [0.25, 0.3) is 0 Å². The Hall–Kier alpha value is -0.800. The molecular formula is C14H21ClN2O. The van der Waals surface area contributed by atoms with E-state index < -0.39 is 0 Å². The number of hydrogen-bond acceptors (Lipinski definition) is 3. The van der Waals surface area contributed by atoms with Gasteiger partial charge in [0.2, 0.25) is 0 Å². The average molecular weight is 269 g/mol. The van der Waals surface area contributed by atoms with E-state index in [9.17, 15) is 0 Å². The van der Waals surface area contributed by atoms with E-state index in [4.69, 9.17) is 16.7 Å². The minimum Gasteiger partial charge on any atom is -0.392 e. The molecule has 18 heavy (non-hydrogen) atoms. The molecule has 1 aliphatic heterocycles. The van der Waals surface area contributed by atoms with Crippen LogP contribution in [0.15, 0.2) is 12.3 Å². The van der Waals surface area contributed by atoms with Gasteiger partial charge in [-0.2, -0.15) is 0 Å². The van der Waals surface area contributed by atoms with Crippen LogP contribution in [0.3, 0.4) is 0 Å². The molecule has 1 aliphatic rings. The Morgan fingerprint density at radius 3 is 2.94 bits per heavy atom. The molecule has 0 radical (unpaired) electrons. The Labute approximate surface area is 114 Å². The summed E-state index contributed by atoms with van der Waals surface area (Å²) >= 11 is 6.30. The maximum absolute atomic E-state index is 9.09. The van der Waals surface area contributed by atoms with Gasteiger partial charge < -0.3 is 10.0 Å². The van der Waals surface area contributed by atoms with E-state index in [1.165, 1.54) is 25.7 Å². The first-order chi connectivity index (χ1) is 8.76. The van der Waals surface area contributed by atoms with Gasteiger partial charge in [-0.15, -0.1) is 0 Å². The second-order valence-electron chi connectivity index (χ2n) is 4.91. The van der Waals surface area contributed by atoms with Crippen LogP contribution in [0, 0.1) is 0 Å². The van der Waals surface area contributed by atoms with E-state index in [1.807, 2.05) is 6.07 Å². The number of aromatic nitrogens is 1. The first-order valence-corrected chi connectivity index (χ1v) is 7.16. The summed E-state index contributed by atoms with van der Waals surface area (Å²) in [6, 6.07) is 2.36. The lowest BCUT2D eigenvalue weighted by Gasteiger charge is -2.31. The number of aliphatic hydroxyl groups is 1. The fraction of sp³-hybridized carbons (Fsp3) is 0.643. The molecule has 1 N–H and O–H groups in total. The molecule has 1 unspecified atom stereocenters. The summed E-state index contributed by atoms with van der Waals surface area (Å²) in [5.74, 6) is 0.877. The van der Waals surface area contributed by atoms with Crippen molar-refractivity contribution >= 4 is 17.4 Å². The molecule has 1 fully saturated rings. The molecule has 1 aromatic rings. The van der Waals surface area contributed by atoms with Gasteiger partial charge in [-0.1, -0.05) is 31.4 Å². The molecule has 0 amide bonds. The molecular weight excluding hydrogens is 248 g/mol. The Bertz CT molecular complexity index is 397. The standard InChI is InChI=1S/C14H21ClN2O/c1-2-12-6-4-3-5-7-17(12)14-13(15)8-11(10-18)9-16-14/h8-9,12,18H,2-7,10H2,1H3. The number of rotatable bonds is 3. The summed E-state index contributed by atoms with van der Waals surface area (Å²) < 4.78 is 0. The molecule has 2 rings (SSSR count). The van der Waals surface area contributed by atoms with Crippen LogP contribution in [0.5, 0.6) is 0 Å². The lowest BCUT2D eigenvalue weighted by Crippen LogP contribution is -2.35. The van der Waals surface area contributed by atoms with Crippen LogP contribution in [-0.4, -0.2) is 22.7 Å². The molecule has 1 aromatic heterocycles. The van der Waals surface area contributed by atoms with Crippen molar-refractivity contribution in [2.75, 3.05) is 11.4 Å². The van der Waals surface area contributed by atoms with E-state index in [-0.39, 0.29) is 6.61 Å². The van der Waals surface area contributed by atoms with Crippen molar-refractivity contribution in [2.45, 2.75) is 51.7 Å². The highest BCUT2D eigenvalue weighted by molar-refractivity contribution is 6.33. The van der Waals surface area contributed by atoms with E-state index in [1.54, 1.807) is 6.20 Å². The number of hydrogen-bond donors (Lipinski definition) is 1. The summed E-state index contributed by atoms with van der Waals surface area (Å²) in [6.07, 6.45) is 7.85. The van der Waals surface area contributed by atoms with Gasteiger partial charge in [-0.05, 0) is 30.9 Å². The van der Waals surface area contributed by atoms with Crippen molar-refractivity contribution in [1.29, 1.82) is 0 Å². The molecule has 0 aliphatic carbocycles. The lowest BCUT2D eigenvalue weighted by molar-refractivity contribution is 0.281. The largest absolute Gasteiger partial charge is 0.392 e. The third-order valence-electron chi connectivity index (χ3n) is 3.68. The van der Waals surface area contributed by atoms with Crippen LogP contribution in [0.2, 0.25) is 5.02 Å². The molecule has 2 heterocycles. The zero-order chi connectivity index (χ0) is 13.0. The highest BCUT2D eigenvalue weighted by atomic mass is 35.5. The van der Waals surface area contributed by atoms with Gasteiger partial charge in [-0.3, -0.25) is 0 Å². The third kappa shape index (κ3) is 2.96. The Morgan fingerprint density at radius 2 is 2.28 bits per heavy atom. The summed E-state index contributed by atoms with van der Waals surface area (Å²) in [4.78, 5) is 6.79. The van der Waals surface area contributed by atoms with Gasteiger partial charge in [-0.25, -0.2) is 4.98 Å². The van der Waals surface area contributed by atoms with Crippen LogP contribution in [0.4, 0.5) is 5.82 Å². The Morgan fingerprint density at radius 1 is 1.44 bits per heavy atom. The highest BCUT2D eigenvalue weighted by Gasteiger charge is 2.22. The maximum Gasteiger partial charge on any atom is 0.147 e. The van der Waals surface area contributed by atoms with E-state index >= 15 is 0 Å². The van der Waals surface area contributed by atoms with Gasteiger partial charge in [0.05, 0.1) is 11.6 Å². The zero-order valence-electron chi connectivity index (χ0n) is 10.9. The van der Waals surface area contributed by atoms with Crippen molar-refractivity contribution < 1.29 is 5.11 Å². The molecule has 0 spiro atoms. The van der Waals surface area contributed by atoms with Gasteiger partial charge in [0, 0.05) is 18.8 Å². The summed E-state index contributed by atoms with van der Waals surface area (Å²) in [5, 5.41) is 9.75. The SMILES string of the molecule is CCC1CCCCCN1c1ncc(CO)cc1Cl. The topological polar surface area (TPSA) is 36.4 Å². The molecule has 0 aromatic carbocycles. The average Bonchev–Trinajstić information content (AvgIpc) is 2.63. The summed E-state index contributed by atoms with van der Waals surface area (Å²) in [5.41, 5.74) is 0.770. The van der Waals surface area contributed by atoms with Crippen molar-refractivity contribution in [1.82, 2.24) is 4.98 Å². The highest BCUT2D eigenvalue weighted by Crippen LogP contribution is 2.30. The maximum atomic E-state index is 9.09. The summed E-state index contributed by atoms with van der Waals surface area (Å²) in [7, 11) is 0. The van der Waals surface area contributed by atoms with Crippen LogP contribution in [-0.2, 0) is 6.61 Å². The number of anilines is 1. The molecule has 4 heteroatoms. The zero-order valence-corrected chi connectivity index (χ0v) is 11.7. The predicted molar refractivity (Wildman–Crippen MR) is 75.1 cm³/mol. The second kappa shape index (κ2) is 6.39. The van der Waals surface area contributed by atoms with E-state index in [0.717, 1.165) is 24.3 Å². The quantitative estimate of drug-likeness (QED) is 0.913.